The molecule has 0 saturated carbocycles. The molecule has 0 radical (unpaired) electrons. The van der Waals surface area contributed by atoms with Crippen LogP contribution < -0.4 is 0 Å². The van der Waals surface area contributed by atoms with E-state index in [1.807, 2.05) is 0 Å². The van der Waals surface area contributed by atoms with E-state index in [9.17, 15) is 19.8 Å². The molecule has 0 bridgehead atoms. The van der Waals surface area contributed by atoms with E-state index < -0.39 is 42.3 Å². The fourth-order valence-corrected chi connectivity index (χ4v) is 3.32. The monoisotopic (exact) mass is 430 g/mol. The standard InChI is InChI=1S/C22H38O8/c1-2-3-4-5-6-7-8-9-10-11-12-13-14-15-18(25)29-30-21-19(26)22(27)28-20(21)17(24)16-23/h17,20,23-24,26H,2-16H2,1H3/t17-,20+/m0/s1. The number of aliphatic hydroxyl groups excluding tert-OH is 3. The minimum absolute atomic E-state index is 0.147. The van der Waals surface area contributed by atoms with Crippen molar-refractivity contribution in [2.75, 3.05) is 6.61 Å². The maximum Gasteiger partial charge on any atom is 0.378 e. The lowest BCUT2D eigenvalue weighted by molar-refractivity contribution is -0.257. The smallest absolute Gasteiger partial charge is 0.378 e. The van der Waals surface area contributed by atoms with Gasteiger partial charge in [-0.1, -0.05) is 84.0 Å². The second-order valence-corrected chi connectivity index (χ2v) is 7.82. The first-order chi connectivity index (χ1) is 14.5. The Balaban J connectivity index is 2.03. The number of aliphatic hydroxyl groups is 3. The molecule has 0 aromatic heterocycles. The Bertz CT molecular complexity index is 531. The normalized spacial score (nSPS) is 17.2. The molecule has 1 aliphatic heterocycles. The zero-order valence-electron chi connectivity index (χ0n) is 18.1. The summed E-state index contributed by atoms with van der Waals surface area (Å²) < 4.78 is 4.66. The summed E-state index contributed by atoms with van der Waals surface area (Å²) in [5.74, 6) is -3.16. The molecule has 0 amide bonds. The molecule has 0 aromatic carbocycles. The minimum Gasteiger partial charge on any atom is -0.499 e. The van der Waals surface area contributed by atoms with Gasteiger partial charge in [-0.25, -0.2) is 9.59 Å². The molecule has 30 heavy (non-hydrogen) atoms. The molecular formula is C22H38O8. The predicted octanol–water partition coefficient (Wildman–Crippen LogP) is 3.99. The molecule has 0 aliphatic carbocycles. The van der Waals surface area contributed by atoms with Gasteiger partial charge in [-0.2, -0.15) is 0 Å². The molecule has 1 rings (SSSR count). The Labute approximate surface area is 179 Å². The van der Waals surface area contributed by atoms with E-state index in [-0.39, 0.29) is 6.42 Å². The maximum atomic E-state index is 11.7. The topological polar surface area (TPSA) is 123 Å². The molecular weight excluding hydrogens is 392 g/mol. The second kappa shape index (κ2) is 16.0. The first-order valence-electron chi connectivity index (χ1n) is 11.3. The first kappa shape index (κ1) is 26.2. The molecule has 8 heteroatoms. The van der Waals surface area contributed by atoms with Gasteiger partial charge in [0, 0.05) is 0 Å². The lowest BCUT2D eigenvalue weighted by Gasteiger charge is -2.16. The van der Waals surface area contributed by atoms with Crippen LogP contribution in [0.5, 0.6) is 0 Å². The highest BCUT2D eigenvalue weighted by atomic mass is 17.2. The zero-order chi connectivity index (χ0) is 22.2. The summed E-state index contributed by atoms with van der Waals surface area (Å²) in [6, 6.07) is 0. The SMILES string of the molecule is CCCCCCCCCCCCCCCC(=O)OOC1=C(O)C(=O)O[C@@H]1[C@@H](O)CO. The summed E-state index contributed by atoms with van der Waals surface area (Å²) in [4.78, 5) is 32.4. The lowest BCUT2D eigenvalue weighted by Crippen LogP contribution is -2.32. The lowest BCUT2D eigenvalue weighted by atomic mass is 10.0. The van der Waals surface area contributed by atoms with Gasteiger partial charge in [0.25, 0.3) is 0 Å². The van der Waals surface area contributed by atoms with Gasteiger partial charge < -0.3 is 20.1 Å². The number of unbranched alkanes of at least 4 members (excludes halogenated alkanes) is 12. The average Bonchev–Trinajstić information content (AvgIpc) is 3.03. The van der Waals surface area contributed by atoms with Crippen LogP contribution >= 0.6 is 0 Å². The van der Waals surface area contributed by atoms with E-state index in [1.54, 1.807) is 0 Å². The summed E-state index contributed by atoms with van der Waals surface area (Å²) in [5.41, 5.74) is 0. The highest BCUT2D eigenvalue weighted by molar-refractivity contribution is 5.89. The Morgan fingerprint density at radius 2 is 1.47 bits per heavy atom. The quantitative estimate of drug-likeness (QED) is 0.129. The van der Waals surface area contributed by atoms with Crippen LogP contribution in [-0.4, -0.2) is 46.1 Å². The van der Waals surface area contributed by atoms with E-state index in [2.05, 4.69) is 16.5 Å². The van der Waals surface area contributed by atoms with Gasteiger partial charge in [-0.15, -0.1) is 0 Å². The zero-order valence-corrected chi connectivity index (χ0v) is 18.1. The van der Waals surface area contributed by atoms with Crippen molar-refractivity contribution in [3.8, 4) is 0 Å². The largest absolute Gasteiger partial charge is 0.499 e. The minimum atomic E-state index is -1.49. The van der Waals surface area contributed by atoms with Crippen LogP contribution in [0.4, 0.5) is 0 Å². The van der Waals surface area contributed by atoms with Crippen LogP contribution in [0.1, 0.15) is 96.8 Å². The Morgan fingerprint density at radius 1 is 0.967 bits per heavy atom. The van der Waals surface area contributed by atoms with Gasteiger partial charge in [0.1, 0.15) is 6.10 Å². The Hall–Kier alpha value is -1.80. The van der Waals surface area contributed by atoms with Gasteiger partial charge >= 0.3 is 11.9 Å². The molecule has 174 valence electrons. The van der Waals surface area contributed by atoms with E-state index in [4.69, 9.17) is 9.99 Å². The molecule has 0 spiro atoms. The summed E-state index contributed by atoms with van der Waals surface area (Å²) >= 11 is 0. The third kappa shape index (κ3) is 10.3. The molecule has 0 aromatic rings. The van der Waals surface area contributed by atoms with Gasteiger partial charge in [-0.05, 0) is 6.42 Å². The molecule has 3 N–H and O–H groups in total. The van der Waals surface area contributed by atoms with Crippen LogP contribution in [0.2, 0.25) is 0 Å². The van der Waals surface area contributed by atoms with Crippen molar-refractivity contribution in [2.45, 2.75) is 109 Å². The van der Waals surface area contributed by atoms with E-state index in [1.165, 1.54) is 57.8 Å². The Morgan fingerprint density at radius 3 is 1.97 bits per heavy atom. The predicted molar refractivity (Wildman–Crippen MR) is 110 cm³/mol. The molecule has 0 saturated heterocycles. The molecule has 2 atom stereocenters. The van der Waals surface area contributed by atoms with Crippen LogP contribution in [0.3, 0.4) is 0 Å². The Kier molecular flexibility index (Phi) is 14.0. The van der Waals surface area contributed by atoms with E-state index in [0.29, 0.717) is 6.42 Å². The second-order valence-electron chi connectivity index (χ2n) is 7.82. The van der Waals surface area contributed by atoms with Crippen molar-refractivity contribution in [2.24, 2.45) is 0 Å². The fraction of sp³-hybridized carbons (Fsp3) is 0.818. The summed E-state index contributed by atoms with van der Waals surface area (Å²) in [6.45, 7) is 1.52. The maximum absolute atomic E-state index is 11.7. The molecule has 1 aliphatic rings. The first-order valence-corrected chi connectivity index (χ1v) is 11.3. The highest BCUT2D eigenvalue weighted by Crippen LogP contribution is 2.25. The van der Waals surface area contributed by atoms with Crippen molar-refractivity contribution in [3.63, 3.8) is 0 Å². The molecule has 1 heterocycles. The van der Waals surface area contributed by atoms with Crippen LogP contribution in [0.15, 0.2) is 11.5 Å². The number of ether oxygens (including phenoxy) is 1. The fourth-order valence-electron chi connectivity index (χ4n) is 3.32. The third-order valence-corrected chi connectivity index (χ3v) is 5.16. The van der Waals surface area contributed by atoms with Crippen LogP contribution in [0, 0.1) is 0 Å². The van der Waals surface area contributed by atoms with Crippen molar-refractivity contribution >= 4 is 11.9 Å². The van der Waals surface area contributed by atoms with Gasteiger partial charge in [0.2, 0.25) is 11.5 Å². The summed E-state index contributed by atoms with van der Waals surface area (Å²) in [7, 11) is 0. The van der Waals surface area contributed by atoms with Crippen molar-refractivity contribution in [1.29, 1.82) is 0 Å². The number of carbonyl (C=O) groups excluding carboxylic acids is 2. The van der Waals surface area contributed by atoms with Gasteiger partial charge in [0.05, 0.1) is 13.0 Å². The third-order valence-electron chi connectivity index (χ3n) is 5.16. The molecule has 0 unspecified atom stereocenters. The number of cyclic esters (lactones) is 1. The van der Waals surface area contributed by atoms with Crippen molar-refractivity contribution in [3.05, 3.63) is 11.5 Å². The van der Waals surface area contributed by atoms with Crippen molar-refractivity contribution < 1.29 is 39.4 Å². The molecule has 8 nitrogen and oxygen atoms in total. The highest BCUT2D eigenvalue weighted by Gasteiger charge is 2.42. The van der Waals surface area contributed by atoms with Crippen LogP contribution in [0.25, 0.3) is 0 Å². The van der Waals surface area contributed by atoms with E-state index >= 15 is 0 Å². The van der Waals surface area contributed by atoms with Crippen molar-refractivity contribution in [1.82, 2.24) is 0 Å². The van der Waals surface area contributed by atoms with Crippen LogP contribution in [-0.2, 0) is 24.1 Å². The number of carbonyl (C=O) groups is 2. The summed E-state index contributed by atoms with van der Waals surface area (Å²) in [6.07, 6.45) is 12.8. The number of rotatable bonds is 18. The average molecular weight is 431 g/mol. The van der Waals surface area contributed by atoms with Gasteiger partial charge in [-0.3, -0.25) is 9.78 Å². The number of hydrogen-bond acceptors (Lipinski definition) is 8. The van der Waals surface area contributed by atoms with Gasteiger partial charge in [0.15, 0.2) is 6.10 Å². The number of hydrogen-bond donors (Lipinski definition) is 3. The number of esters is 1. The molecule has 0 fully saturated rings. The summed E-state index contributed by atoms with van der Waals surface area (Å²) in [5, 5.41) is 28.1. The van der Waals surface area contributed by atoms with E-state index in [0.717, 1.165) is 19.3 Å².